The zero-order valence-electron chi connectivity index (χ0n) is 45.2. The van der Waals surface area contributed by atoms with Gasteiger partial charge in [0.2, 0.25) is 5.91 Å². The summed E-state index contributed by atoms with van der Waals surface area (Å²) in [4.78, 5) is 26.3. The molecule has 0 fully saturated rings. The molecule has 0 heterocycles. The highest BCUT2D eigenvalue weighted by Gasteiger charge is 2.24. The second-order valence-corrected chi connectivity index (χ2v) is 19.5. The van der Waals surface area contributed by atoms with Gasteiger partial charge in [0.1, 0.15) is 6.10 Å². The van der Waals surface area contributed by atoms with Crippen molar-refractivity contribution in [3.63, 3.8) is 0 Å². The fourth-order valence-electron chi connectivity index (χ4n) is 8.40. The van der Waals surface area contributed by atoms with E-state index in [2.05, 4.69) is 86.8 Å². The molecule has 3 unspecified atom stereocenters. The summed E-state index contributed by atoms with van der Waals surface area (Å²) in [6.45, 7) is 6.38. The molecule has 0 radical (unpaired) electrons. The SMILES string of the molecule is CCC/C=C/C=C/C=C/C=C/C=C/CCCCCC(CC(=O)NC(CO)C(O)CCCCCCCCCCCCCCCCCC)OC(=O)CCCCCCC/C=C/C=C/C=C/CCCCCCC. The van der Waals surface area contributed by atoms with Crippen molar-refractivity contribution in [2.24, 2.45) is 0 Å². The first-order valence-electron chi connectivity index (χ1n) is 29.1. The van der Waals surface area contributed by atoms with Gasteiger partial charge in [-0.1, -0.05) is 279 Å². The third-order valence-corrected chi connectivity index (χ3v) is 12.8. The lowest BCUT2D eigenvalue weighted by Crippen LogP contribution is -2.46. The summed E-state index contributed by atoms with van der Waals surface area (Å²) < 4.78 is 5.93. The summed E-state index contributed by atoms with van der Waals surface area (Å²) in [7, 11) is 0. The number of amides is 1. The quantitative estimate of drug-likeness (QED) is 0.0321. The van der Waals surface area contributed by atoms with Gasteiger partial charge in [-0.25, -0.2) is 0 Å². The Balaban J connectivity index is 4.69. The van der Waals surface area contributed by atoms with Crippen LogP contribution in [0.15, 0.2) is 97.2 Å². The lowest BCUT2D eigenvalue weighted by molar-refractivity contribution is -0.151. The summed E-state index contributed by atoms with van der Waals surface area (Å²) >= 11 is 0. The first kappa shape index (κ1) is 65.8. The lowest BCUT2D eigenvalue weighted by Gasteiger charge is -2.24. The minimum atomic E-state index is -0.810. The van der Waals surface area contributed by atoms with Gasteiger partial charge in [0, 0.05) is 6.42 Å². The number of allylic oxidation sites excluding steroid dienone is 16. The number of aliphatic hydroxyl groups is 2. The Kier molecular flexibility index (Phi) is 53.1. The molecule has 396 valence electrons. The predicted molar refractivity (Wildman–Crippen MR) is 300 cm³/mol. The molecule has 3 N–H and O–H groups in total. The van der Waals surface area contributed by atoms with Crippen molar-refractivity contribution >= 4 is 11.9 Å². The normalized spacial score (nSPS) is 13.9. The number of nitrogens with one attached hydrogen (secondary N) is 1. The van der Waals surface area contributed by atoms with Gasteiger partial charge in [-0.05, 0) is 70.6 Å². The number of hydrogen-bond donors (Lipinski definition) is 3. The summed E-state index contributed by atoms with van der Waals surface area (Å²) in [6, 6.07) is -0.727. The van der Waals surface area contributed by atoms with Gasteiger partial charge in [-0.15, -0.1) is 0 Å². The van der Waals surface area contributed by atoms with E-state index in [0.717, 1.165) is 96.3 Å². The van der Waals surface area contributed by atoms with Gasteiger partial charge < -0.3 is 20.3 Å². The fourth-order valence-corrected chi connectivity index (χ4v) is 8.40. The number of carbonyl (C=O) groups is 2. The van der Waals surface area contributed by atoms with Crippen LogP contribution in [0.4, 0.5) is 0 Å². The van der Waals surface area contributed by atoms with Crippen LogP contribution in [0.3, 0.4) is 0 Å². The van der Waals surface area contributed by atoms with Crippen LogP contribution in [0.5, 0.6) is 0 Å². The van der Waals surface area contributed by atoms with E-state index in [1.165, 1.54) is 122 Å². The van der Waals surface area contributed by atoms with Crippen molar-refractivity contribution in [1.29, 1.82) is 0 Å². The van der Waals surface area contributed by atoms with Gasteiger partial charge in [0.05, 0.1) is 25.2 Å². The molecule has 0 aromatic rings. The summed E-state index contributed by atoms with van der Waals surface area (Å²) in [6.07, 6.45) is 74.6. The highest BCUT2D eigenvalue weighted by molar-refractivity contribution is 5.77. The van der Waals surface area contributed by atoms with Gasteiger partial charge in [0.25, 0.3) is 0 Å². The van der Waals surface area contributed by atoms with Gasteiger partial charge in [0.15, 0.2) is 0 Å². The number of hydrogen-bond acceptors (Lipinski definition) is 5. The van der Waals surface area contributed by atoms with E-state index < -0.39 is 18.2 Å². The van der Waals surface area contributed by atoms with E-state index in [9.17, 15) is 19.8 Å². The Morgan fingerprint density at radius 3 is 1.19 bits per heavy atom. The molecule has 0 bridgehead atoms. The molecule has 0 rings (SSSR count). The summed E-state index contributed by atoms with van der Waals surface area (Å²) in [5, 5.41) is 23.9. The average Bonchev–Trinajstić information content (AvgIpc) is 3.34. The van der Waals surface area contributed by atoms with Crippen molar-refractivity contribution in [2.75, 3.05) is 6.61 Å². The minimum Gasteiger partial charge on any atom is -0.462 e. The molecule has 0 aromatic heterocycles. The van der Waals surface area contributed by atoms with Crippen LogP contribution in [0.1, 0.15) is 265 Å². The zero-order valence-corrected chi connectivity index (χ0v) is 45.2. The van der Waals surface area contributed by atoms with E-state index in [4.69, 9.17) is 4.74 Å². The van der Waals surface area contributed by atoms with Gasteiger partial charge >= 0.3 is 5.97 Å². The Morgan fingerprint density at radius 1 is 0.420 bits per heavy atom. The topological polar surface area (TPSA) is 95.9 Å². The van der Waals surface area contributed by atoms with Crippen LogP contribution in [-0.4, -0.2) is 46.9 Å². The molecule has 69 heavy (non-hydrogen) atoms. The monoisotopic (exact) mass is 960 g/mol. The maximum absolute atomic E-state index is 13.3. The van der Waals surface area contributed by atoms with E-state index >= 15 is 0 Å². The van der Waals surface area contributed by atoms with Crippen LogP contribution in [0.25, 0.3) is 0 Å². The van der Waals surface area contributed by atoms with Gasteiger partial charge in [-0.3, -0.25) is 9.59 Å². The molecule has 6 nitrogen and oxygen atoms in total. The Labute approximate surface area is 426 Å². The Morgan fingerprint density at radius 2 is 0.768 bits per heavy atom. The highest BCUT2D eigenvalue weighted by Crippen LogP contribution is 2.18. The Hall–Kier alpha value is -3.22. The second kappa shape index (κ2) is 55.7. The van der Waals surface area contributed by atoms with E-state index in [0.29, 0.717) is 19.3 Å². The maximum Gasteiger partial charge on any atom is 0.306 e. The first-order valence-corrected chi connectivity index (χ1v) is 29.1. The van der Waals surface area contributed by atoms with Crippen LogP contribution in [0.2, 0.25) is 0 Å². The van der Waals surface area contributed by atoms with Crippen molar-refractivity contribution in [2.45, 2.75) is 283 Å². The zero-order chi connectivity index (χ0) is 50.2. The molecule has 1 amide bonds. The number of ether oxygens (including phenoxy) is 1. The number of aliphatic hydroxyl groups excluding tert-OH is 2. The maximum atomic E-state index is 13.3. The molecule has 0 aromatic carbocycles. The molecule has 0 spiro atoms. The van der Waals surface area contributed by atoms with Crippen LogP contribution >= 0.6 is 0 Å². The highest BCUT2D eigenvalue weighted by atomic mass is 16.5. The summed E-state index contributed by atoms with van der Waals surface area (Å²) in [5.41, 5.74) is 0. The molecule has 0 aliphatic rings. The third-order valence-electron chi connectivity index (χ3n) is 12.8. The van der Waals surface area contributed by atoms with E-state index in [1.54, 1.807) is 0 Å². The minimum absolute atomic E-state index is 0.0363. The smallest absolute Gasteiger partial charge is 0.306 e. The Bertz CT molecular complexity index is 1350. The third kappa shape index (κ3) is 51.0. The van der Waals surface area contributed by atoms with Crippen molar-refractivity contribution in [3.8, 4) is 0 Å². The molecule has 0 aliphatic heterocycles. The predicted octanol–water partition coefficient (Wildman–Crippen LogP) is 18.1. The molecule has 3 atom stereocenters. The number of unbranched alkanes of at least 4 members (excludes halogenated alkanes) is 29. The van der Waals surface area contributed by atoms with Crippen LogP contribution < -0.4 is 5.32 Å². The van der Waals surface area contributed by atoms with E-state index in [1.807, 2.05) is 36.5 Å². The standard InChI is InChI=1S/C63H109NO5/c1-4-7-10-13-16-19-22-25-28-31-32-35-38-41-44-47-50-53-56-63(68)69-59(54-51-48-45-42-39-36-33-29-26-23-20-17-14-11-8-5-2)57-62(67)64-60(58-65)61(66)55-52-49-46-43-40-37-34-30-27-24-21-18-15-12-9-6-3/h11,14,17,20,22-23,25-26,28-29,31-33,35-36,39,59-61,65-66H,4-10,12-13,15-16,18-19,21,24,27,30,34,37-38,40-58H2,1-3H3,(H,64,67)/b14-11+,20-17+,25-22+,26-23+,31-28+,33-29+,35-32+,39-36+. The largest absolute Gasteiger partial charge is 0.462 e. The second-order valence-electron chi connectivity index (χ2n) is 19.5. The van der Waals surface area contributed by atoms with Crippen molar-refractivity contribution < 1.29 is 24.5 Å². The summed E-state index contributed by atoms with van der Waals surface area (Å²) in [5.74, 6) is -0.540. The molecule has 6 heteroatoms. The average molecular weight is 961 g/mol. The lowest BCUT2D eigenvalue weighted by atomic mass is 10.0. The number of esters is 1. The molecule has 0 aliphatic carbocycles. The molecule has 0 saturated heterocycles. The van der Waals surface area contributed by atoms with Crippen molar-refractivity contribution in [1.82, 2.24) is 5.32 Å². The molecular weight excluding hydrogens is 851 g/mol. The number of rotatable bonds is 51. The van der Waals surface area contributed by atoms with Crippen LogP contribution in [-0.2, 0) is 14.3 Å². The van der Waals surface area contributed by atoms with Gasteiger partial charge in [-0.2, -0.15) is 0 Å². The fraction of sp³-hybridized carbons (Fsp3) is 0.714. The van der Waals surface area contributed by atoms with E-state index in [-0.39, 0.29) is 24.9 Å². The van der Waals surface area contributed by atoms with Crippen LogP contribution in [0, 0.1) is 0 Å². The van der Waals surface area contributed by atoms with Crippen molar-refractivity contribution in [3.05, 3.63) is 97.2 Å². The molecule has 0 saturated carbocycles. The molecular formula is C63H109NO5. The number of carbonyl (C=O) groups excluding carboxylic acids is 2. The first-order chi connectivity index (χ1) is 34.0.